The van der Waals surface area contributed by atoms with E-state index in [-0.39, 0.29) is 0 Å². The summed E-state index contributed by atoms with van der Waals surface area (Å²) < 4.78 is 5.13. The number of aromatic nitrogens is 1. The van der Waals surface area contributed by atoms with Gasteiger partial charge in [0.05, 0.1) is 22.8 Å². The second kappa shape index (κ2) is 6.18. The first-order chi connectivity index (χ1) is 7.84. The topological polar surface area (TPSA) is 42.4 Å². The van der Waals surface area contributed by atoms with Crippen molar-refractivity contribution in [1.82, 2.24) is 4.98 Å². The number of nitrogens with zero attached hydrogens (tertiary/aromatic N) is 1. The number of methoxy groups -OCH3 is 1. The highest BCUT2D eigenvalue weighted by Crippen LogP contribution is 2.32. The average Bonchev–Trinajstić information content (AvgIpc) is 2.58. The number of ether oxygens (including phenoxy) is 1. The van der Waals surface area contributed by atoms with E-state index >= 15 is 0 Å². The number of thiazole rings is 1. The molecule has 17 heavy (non-hydrogen) atoms. The molecule has 0 aliphatic rings. The number of rotatable bonds is 6. The smallest absolute Gasteiger partial charge is 0.103 e. The van der Waals surface area contributed by atoms with Crippen LogP contribution in [0.15, 0.2) is 0 Å². The fraction of sp³-hybridized carbons (Fsp3) is 0.750. The van der Waals surface area contributed by atoms with Crippen LogP contribution in [0, 0.1) is 0 Å². The molecule has 0 fully saturated rings. The number of thioether (sulfide) groups is 1. The Kier molecular flexibility index (Phi) is 5.44. The van der Waals surface area contributed by atoms with Crippen LogP contribution in [-0.2, 0) is 22.7 Å². The second-order valence-corrected chi connectivity index (χ2v) is 7.38. The molecule has 0 radical (unpaired) electrons. The molecule has 98 valence electrons. The Morgan fingerprint density at radius 2 is 2.12 bits per heavy atom. The quantitative estimate of drug-likeness (QED) is 0.866. The molecule has 1 N–H and O–H groups in total. The molecule has 0 bridgehead atoms. The van der Waals surface area contributed by atoms with E-state index in [9.17, 15) is 5.11 Å². The van der Waals surface area contributed by atoms with Crippen LogP contribution in [0.5, 0.6) is 0 Å². The summed E-state index contributed by atoms with van der Waals surface area (Å²) >= 11 is 3.45. The molecule has 0 amide bonds. The van der Waals surface area contributed by atoms with Crippen molar-refractivity contribution in [2.75, 3.05) is 7.11 Å². The lowest BCUT2D eigenvalue weighted by Crippen LogP contribution is -2.16. The fourth-order valence-corrected chi connectivity index (χ4v) is 3.26. The zero-order chi connectivity index (χ0) is 13.1. The first kappa shape index (κ1) is 15.0. The molecule has 1 aromatic rings. The average molecular weight is 275 g/mol. The van der Waals surface area contributed by atoms with Gasteiger partial charge in [0.1, 0.15) is 5.01 Å². The summed E-state index contributed by atoms with van der Waals surface area (Å²) in [5.74, 6) is 0.898. The summed E-state index contributed by atoms with van der Waals surface area (Å²) in [6.45, 7) is 8.39. The number of hydrogen-bond donors (Lipinski definition) is 1. The fourth-order valence-electron chi connectivity index (χ4n) is 1.41. The third kappa shape index (κ3) is 4.58. The van der Waals surface area contributed by atoms with Gasteiger partial charge in [0.2, 0.25) is 0 Å². The molecule has 0 spiro atoms. The van der Waals surface area contributed by atoms with Crippen molar-refractivity contribution >= 4 is 23.1 Å². The van der Waals surface area contributed by atoms with Crippen molar-refractivity contribution in [2.24, 2.45) is 0 Å². The van der Waals surface area contributed by atoms with Crippen molar-refractivity contribution in [3.05, 3.63) is 15.6 Å². The molecule has 5 heteroatoms. The van der Waals surface area contributed by atoms with Gasteiger partial charge in [-0.15, -0.1) is 11.3 Å². The molecule has 0 atom stereocenters. The van der Waals surface area contributed by atoms with Crippen molar-refractivity contribution in [3.8, 4) is 0 Å². The normalized spacial score (nSPS) is 12.4. The Bertz CT molecular complexity index is 356. The van der Waals surface area contributed by atoms with Crippen molar-refractivity contribution in [1.29, 1.82) is 0 Å². The monoisotopic (exact) mass is 275 g/mol. The molecule has 3 nitrogen and oxygen atoms in total. The molecule has 0 aromatic carbocycles. The summed E-state index contributed by atoms with van der Waals surface area (Å²) in [4.78, 5) is 5.47. The lowest BCUT2D eigenvalue weighted by molar-refractivity contribution is 0.0782. The minimum absolute atomic E-state index is 0.460. The van der Waals surface area contributed by atoms with Crippen molar-refractivity contribution in [3.63, 3.8) is 0 Å². The Hall–Kier alpha value is -0.100. The van der Waals surface area contributed by atoms with Crippen LogP contribution in [-0.4, -0.2) is 22.5 Å². The zero-order valence-corrected chi connectivity index (χ0v) is 12.7. The van der Waals surface area contributed by atoms with Gasteiger partial charge in [-0.2, -0.15) is 11.8 Å². The van der Waals surface area contributed by atoms with Crippen molar-refractivity contribution < 1.29 is 9.84 Å². The van der Waals surface area contributed by atoms with Gasteiger partial charge in [-0.1, -0.05) is 13.8 Å². The standard InChI is InChI=1S/C12H21NO2S2/c1-8(2)16-7-10-13-9(6-15-5)11(17-10)12(3,4)14/h8,14H,6-7H2,1-5H3. The predicted molar refractivity (Wildman–Crippen MR) is 74.5 cm³/mol. The van der Waals surface area contributed by atoms with Gasteiger partial charge in [0.15, 0.2) is 0 Å². The lowest BCUT2D eigenvalue weighted by atomic mass is 10.1. The van der Waals surface area contributed by atoms with E-state index < -0.39 is 5.60 Å². The first-order valence-electron chi connectivity index (χ1n) is 5.66. The van der Waals surface area contributed by atoms with Gasteiger partial charge in [0, 0.05) is 12.9 Å². The lowest BCUT2D eigenvalue weighted by Gasteiger charge is -2.16. The van der Waals surface area contributed by atoms with Gasteiger partial charge in [0.25, 0.3) is 0 Å². The largest absolute Gasteiger partial charge is 0.385 e. The van der Waals surface area contributed by atoms with E-state index in [1.807, 2.05) is 11.8 Å². The van der Waals surface area contributed by atoms with Crippen LogP contribution in [0.1, 0.15) is 43.3 Å². The molecule has 0 unspecified atom stereocenters. The second-order valence-electron chi connectivity index (χ2n) is 4.74. The molecule has 1 rings (SSSR count). The highest BCUT2D eigenvalue weighted by molar-refractivity contribution is 7.99. The Morgan fingerprint density at radius 1 is 1.47 bits per heavy atom. The summed E-state index contributed by atoms with van der Waals surface area (Å²) in [7, 11) is 1.65. The van der Waals surface area contributed by atoms with E-state index in [1.54, 1.807) is 32.3 Å². The van der Waals surface area contributed by atoms with E-state index in [2.05, 4.69) is 18.8 Å². The summed E-state index contributed by atoms with van der Waals surface area (Å²) in [6.07, 6.45) is 0. The summed E-state index contributed by atoms with van der Waals surface area (Å²) in [5, 5.41) is 11.8. The molecule has 0 aliphatic carbocycles. The van der Waals surface area contributed by atoms with Crippen LogP contribution >= 0.6 is 23.1 Å². The molecule has 0 saturated heterocycles. The van der Waals surface area contributed by atoms with Gasteiger partial charge < -0.3 is 9.84 Å². The third-order valence-corrected chi connectivity index (χ3v) is 4.82. The first-order valence-corrected chi connectivity index (χ1v) is 7.53. The minimum atomic E-state index is -0.841. The summed E-state index contributed by atoms with van der Waals surface area (Å²) in [6, 6.07) is 0. The predicted octanol–water partition coefficient (Wildman–Crippen LogP) is 3.16. The van der Waals surface area contributed by atoms with Gasteiger partial charge in [-0.25, -0.2) is 4.98 Å². The molecule has 1 aromatic heterocycles. The molecular formula is C12H21NO2S2. The van der Waals surface area contributed by atoms with Gasteiger partial charge in [-0.3, -0.25) is 0 Å². The maximum atomic E-state index is 10.1. The number of aliphatic hydroxyl groups is 1. The molecule has 0 saturated carbocycles. The Labute approximate surface area is 112 Å². The number of hydrogen-bond acceptors (Lipinski definition) is 5. The van der Waals surface area contributed by atoms with Crippen LogP contribution in [0.25, 0.3) is 0 Å². The van der Waals surface area contributed by atoms with Gasteiger partial charge in [-0.05, 0) is 19.1 Å². The minimum Gasteiger partial charge on any atom is -0.385 e. The highest BCUT2D eigenvalue weighted by atomic mass is 32.2. The molecule has 1 heterocycles. The maximum Gasteiger partial charge on any atom is 0.103 e. The Balaban J connectivity index is 2.88. The van der Waals surface area contributed by atoms with Crippen LogP contribution < -0.4 is 0 Å². The molecular weight excluding hydrogens is 254 g/mol. The van der Waals surface area contributed by atoms with E-state index in [4.69, 9.17) is 4.74 Å². The van der Waals surface area contributed by atoms with Crippen LogP contribution in [0.4, 0.5) is 0 Å². The molecule has 0 aliphatic heterocycles. The maximum absolute atomic E-state index is 10.1. The van der Waals surface area contributed by atoms with Crippen molar-refractivity contribution in [2.45, 2.75) is 50.9 Å². The highest BCUT2D eigenvalue weighted by Gasteiger charge is 2.24. The van der Waals surface area contributed by atoms with Crippen LogP contribution in [0.2, 0.25) is 0 Å². The van der Waals surface area contributed by atoms with E-state index in [0.29, 0.717) is 11.9 Å². The van der Waals surface area contributed by atoms with Crippen LogP contribution in [0.3, 0.4) is 0 Å². The van der Waals surface area contributed by atoms with Gasteiger partial charge >= 0.3 is 0 Å². The third-order valence-electron chi connectivity index (χ3n) is 2.12. The SMILES string of the molecule is COCc1nc(CSC(C)C)sc1C(C)(C)O. The zero-order valence-electron chi connectivity index (χ0n) is 11.1. The Morgan fingerprint density at radius 3 is 2.59 bits per heavy atom. The summed E-state index contributed by atoms with van der Waals surface area (Å²) in [5.41, 5.74) is 0.0241. The van der Waals surface area contributed by atoms with E-state index in [0.717, 1.165) is 21.3 Å². The van der Waals surface area contributed by atoms with E-state index in [1.165, 1.54) is 0 Å².